The van der Waals surface area contributed by atoms with Crippen molar-refractivity contribution in [1.82, 2.24) is 9.80 Å². The first-order valence-corrected chi connectivity index (χ1v) is 6.65. The zero-order valence-corrected chi connectivity index (χ0v) is 11.4. The molecule has 0 aromatic carbocycles. The van der Waals surface area contributed by atoms with Gasteiger partial charge in [0.15, 0.2) is 0 Å². The Kier molecular flexibility index (Phi) is 5.40. The van der Waals surface area contributed by atoms with Gasteiger partial charge in [0.1, 0.15) is 0 Å². The van der Waals surface area contributed by atoms with Crippen LogP contribution in [0.3, 0.4) is 0 Å². The normalized spacial score (nSPS) is 17.4. The Balaban J connectivity index is 2.32. The first-order chi connectivity index (χ1) is 7.92. The summed E-state index contributed by atoms with van der Waals surface area (Å²) in [5, 5.41) is 9.74. The minimum absolute atomic E-state index is 0.154. The van der Waals surface area contributed by atoms with Crippen LogP contribution in [0.1, 0.15) is 40.0 Å². The quantitative estimate of drug-likeness (QED) is 0.758. The van der Waals surface area contributed by atoms with Crippen molar-refractivity contribution in [2.24, 2.45) is 0 Å². The smallest absolute Gasteiger partial charge is 0.223 e. The van der Waals surface area contributed by atoms with Gasteiger partial charge in [0.25, 0.3) is 0 Å². The molecule has 1 fully saturated rings. The summed E-state index contributed by atoms with van der Waals surface area (Å²) in [5.74, 6) is 0.154. The summed E-state index contributed by atoms with van der Waals surface area (Å²) in [6.45, 7) is 9.65. The molecule has 1 heterocycles. The van der Waals surface area contributed by atoms with E-state index >= 15 is 0 Å². The Morgan fingerprint density at radius 1 is 1.35 bits per heavy atom. The lowest BCUT2D eigenvalue weighted by Crippen LogP contribution is -2.43. The topological polar surface area (TPSA) is 43.8 Å². The number of nitrogens with zero attached hydrogens (tertiary/aromatic N) is 2. The van der Waals surface area contributed by atoms with Crippen LogP contribution in [0.15, 0.2) is 0 Å². The molecule has 0 aromatic rings. The molecule has 4 nitrogen and oxygen atoms in total. The molecule has 0 unspecified atom stereocenters. The fourth-order valence-electron chi connectivity index (χ4n) is 2.26. The van der Waals surface area contributed by atoms with E-state index in [0.29, 0.717) is 19.5 Å². The highest BCUT2D eigenvalue weighted by molar-refractivity contribution is 5.76. The average Bonchev–Trinajstić information content (AvgIpc) is 2.74. The first-order valence-electron chi connectivity index (χ1n) is 6.65. The summed E-state index contributed by atoms with van der Waals surface area (Å²) in [5.41, 5.74) is -0.806. The number of likely N-dealkylation sites (N-methyl/N-ethyl adjacent to an activating group) is 1. The van der Waals surface area contributed by atoms with Crippen molar-refractivity contribution < 1.29 is 9.90 Å². The average molecular weight is 242 g/mol. The molecular weight excluding hydrogens is 216 g/mol. The lowest BCUT2D eigenvalue weighted by Gasteiger charge is -2.28. The van der Waals surface area contributed by atoms with E-state index < -0.39 is 5.60 Å². The third-order valence-corrected chi connectivity index (χ3v) is 3.15. The zero-order valence-electron chi connectivity index (χ0n) is 11.4. The monoisotopic (exact) mass is 242 g/mol. The number of aliphatic hydroxyl groups is 1. The molecule has 4 heteroatoms. The molecule has 1 saturated heterocycles. The van der Waals surface area contributed by atoms with E-state index in [-0.39, 0.29) is 5.91 Å². The van der Waals surface area contributed by atoms with Crippen molar-refractivity contribution in [2.45, 2.75) is 45.6 Å². The van der Waals surface area contributed by atoms with E-state index in [0.717, 1.165) is 19.6 Å². The summed E-state index contributed by atoms with van der Waals surface area (Å²) in [6, 6.07) is 0. The molecule has 0 atom stereocenters. The minimum atomic E-state index is -0.806. The number of hydrogen-bond donors (Lipinski definition) is 1. The van der Waals surface area contributed by atoms with Crippen LogP contribution < -0.4 is 0 Å². The molecule has 1 aliphatic heterocycles. The van der Waals surface area contributed by atoms with Crippen LogP contribution in [0.5, 0.6) is 0 Å². The lowest BCUT2D eigenvalue weighted by molar-refractivity contribution is -0.134. The lowest BCUT2D eigenvalue weighted by atomic mass is 10.1. The van der Waals surface area contributed by atoms with Gasteiger partial charge in [-0.15, -0.1) is 0 Å². The Morgan fingerprint density at radius 2 is 1.94 bits per heavy atom. The maximum absolute atomic E-state index is 12.0. The van der Waals surface area contributed by atoms with Gasteiger partial charge in [0, 0.05) is 26.1 Å². The molecule has 1 amide bonds. The molecule has 0 radical (unpaired) electrons. The van der Waals surface area contributed by atoms with Crippen molar-refractivity contribution in [3.63, 3.8) is 0 Å². The van der Waals surface area contributed by atoms with E-state index in [2.05, 4.69) is 4.90 Å². The van der Waals surface area contributed by atoms with Gasteiger partial charge in [0.2, 0.25) is 5.91 Å². The SMILES string of the molecule is CCN(CC(C)(C)O)C(=O)CCN1CCCC1. The largest absolute Gasteiger partial charge is 0.389 e. The number of carbonyl (C=O) groups excluding carboxylic acids is 1. The van der Waals surface area contributed by atoms with Gasteiger partial charge in [0.05, 0.1) is 5.60 Å². The van der Waals surface area contributed by atoms with Crippen LogP contribution in [0, 0.1) is 0 Å². The molecular formula is C13H26N2O2. The van der Waals surface area contributed by atoms with Crippen LogP contribution in [-0.2, 0) is 4.79 Å². The molecule has 1 rings (SSSR count). The van der Waals surface area contributed by atoms with Crippen molar-refractivity contribution >= 4 is 5.91 Å². The summed E-state index contributed by atoms with van der Waals surface area (Å²) in [4.78, 5) is 16.1. The predicted molar refractivity (Wildman–Crippen MR) is 68.8 cm³/mol. The van der Waals surface area contributed by atoms with E-state index in [1.165, 1.54) is 12.8 Å². The highest BCUT2D eigenvalue weighted by Gasteiger charge is 2.22. The second kappa shape index (κ2) is 6.36. The molecule has 17 heavy (non-hydrogen) atoms. The van der Waals surface area contributed by atoms with Crippen molar-refractivity contribution in [1.29, 1.82) is 0 Å². The van der Waals surface area contributed by atoms with Crippen LogP contribution >= 0.6 is 0 Å². The number of likely N-dealkylation sites (tertiary alicyclic amines) is 1. The summed E-state index contributed by atoms with van der Waals surface area (Å²) < 4.78 is 0. The van der Waals surface area contributed by atoms with Crippen LogP contribution in [-0.4, -0.2) is 59.1 Å². The molecule has 0 saturated carbocycles. The second-order valence-electron chi connectivity index (χ2n) is 5.52. The molecule has 1 aliphatic rings. The second-order valence-corrected chi connectivity index (χ2v) is 5.52. The third-order valence-electron chi connectivity index (χ3n) is 3.15. The Bertz CT molecular complexity index is 242. The molecule has 1 N–H and O–H groups in total. The van der Waals surface area contributed by atoms with Gasteiger partial charge < -0.3 is 14.9 Å². The van der Waals surface area contributed by atoms with E-state index in [4.69, 9.17) is 0 Å². The Morgan fingerprint density at radius 3 is 2.41 bits per heavy atom. The fourth-order valence-corrected chi connectivity index (χ4v) is 2.26. The van der Waals surface area contributed by atoms with Crippen molar-refractivity contribution in [3.05, 3.63) is 0 Å². The molecule has 0 bridgehead atoms. The molecule has 0 spiro atoms. The summed E-state index contributed by atoms with van der Waals surface area (Å²) in [6.07, 6.45) is 3.09. The Hall–Kier alpha value is -0.610. The number of hydrogen-bond acceptors (Lipinski definition) is 3. The molecule has 0 aliphatic carbocycles. The van der Waals surface area contributed by atoms with Gasteiger partial charge in [-0.2, -0.15) is 0 Å². The van der Waals surface area contributed by atoms with Crippen molar-refractivity contribution in [3.8, 4) is 0 Å². The highest BCUT2D eigenvalue weighted by atomic mass is 16.3. The summed E-state index contributed by atoms with van der Waals surface area (Å²) >= 11 is 0. The maximum atomic E-state index is 12.0. The fraction of sp³-hybridized carbons (Fsp3) is 0.923. The minimum Gasteiger partial charge on any atom is -0.389 e. The standard InChI is InChI=1S/C13H26N2O2/c1-4-15(11-13(2,3)17)12(16)7-10-14-8-5-6-9-14/h17H,4-11H2,1-3H3. The zero-order chi connectivity index (χ0) is 12.9. The molecule has 100 valence electrons. The number of rotatable bonds is 6. The van der Waals surface area contributed by atoms with Gasteiger partial charge in [-0.3, -0.25) is 4.79 Å². The summed E-state index contributed by atoms with van der Waals surface area (Å²) in [7, 11) is 0. The van der Waals surface area contributed by atoms with Gasteiger partial charge in [-0.1, -0.05) is 0 Å². The van der Waals surface area contributed by atoms with Crippen LogP contribution in [0.2, 0.25) is 0 Å². The van der Waals surface area contributed by atoms with E-state index in [9.17, 15) is 9.90 Å². The predicted octanol–water partition coefficient (Wildman–Crippen LogP) is 1.09. The maximum Gasteiger partial charge on any atom is 0.223 e. The number of carbonyl (C=O) groups is 1. The van der Waals surface area contributed by atoms with Gasteiger partial charge >= 0.3 is 0 Å². The van der Waals surface area contributed by atoms with Crippen LogP contribution in [0.4, 0.5) is 0 Å². The highest BCUT2D eigenvalue weighted by Crippen LogP contribution is 2.10. The molecule has 0 aromatic heterocycles. The van der Waals surface area contributed by atoms with E-state index in [1.807, 2.05) is 6.92 Å². The van der Waals surface area contributed by atoms with Gasteiger partial charge in [-0.25, -0.2) is 0 Å². The first kappa shape index (κ1) is 14.5. The van der Waals surface area contributed by atoms with E-state index in [1.54, 1.807) is 18.7 Å². The van der Waals surface area contributed by atoms with Crippen LogP contribution in [0.25, 0.3) is 0 Å². The van der Waals surface area contributed by atoms with Crippen molar-refractivity contribution in [2.75, 3.05) is 32.7 Å². The number of amides is 1. The Labute approximate surface area is 105 Å². The van der Waals surface area contributed by atoms with Gasteiger partial charge in [-0.05, 0) is 46.7 Å². The third kappa shape index (κ3) is 5.50.